The van der Waals surface area contributed by atoms with Crippen molar-refractivity contribution < 1.29 is 22.7 Å². The van der Waals surface area contributed by atoms with Crippen molar-refractivity contribution in [2.45, 2.75) is 19.8 Å². The van der Waals surface area contributed by atoms with Crippen LogP contribution < -0.4 is 19.7 Å². The van der Waals surface area contributed by atoms with Crippen LogP contribution in [-0.2, 0) is 10.0 Å². The SMILES string of the molecule is CCCCOc1ccc(C(=O)NCCS(=O)(=O)N2CCN(c3ccc(OC)cc3)CC2)cc1. The number of anilines is 1. The molecule has 1 amide bonds. The summed E-state index contributed by atoms with van der Waals surface area (Å²) in [7, 11) is -1.82. The Hall–Kier alpha value is -2.78. The van der Waals surface area contributed by atoms with Crippen LogP contribution in [-0.4, -0.2) is 70.8 Å². The Bertz CT molecular complexity index is 986. The molecule has 0 saturated carbocycles. The Morgan fingerprint density at radius 3 is 2.21 bits per heavy atom. The van der Waals surface area contributed by atoms with Gasteiger partial charge in [0.1, 0.15) is 11.5 Å². The summed E-state index contributed by atoms with van der Waals surface area (Å²) >= 11 is 0. The summed E-state index contributed by atoms with van der Waals surface area (Å²) < 4.78 is 37.7. The molecule has 1 N–H and O–H groups in total. The summed E-state index contributed by atoms with van der Waals surface area (Å²) in [5.74, 6) is 1.09. The molecule has 1 aliphatic heterocycles. The molecule has 0 spiro atoms. The number of ether oxygens (including phenoxy) is 2. The van der Waals surface area contributed by atoms with Crippen LogP contribution in [0.15, 0.2) is 48.5 Å². The van der Waals surface area contributed by atoms with Gasteiger partial charge in [-0.2, -0.15) is 4.31 Å². The van der Waals surface area contributed by atoms with E-state index in [1.165, 1.54) is 4.31 Å². The van der Waals surface area contributed by atoms with E-state index in [1.807, 2.05) is 24.3 Å². The third-order valence-corrected chi connectivity index (χ3v) is 7.47. The molecule has 0 bridgehead atoms. The number of carbonyl (C=O) groups is 1. The highest BCUT2D eigenvalue weighted by atomic mass is 32.2. The van der Waals surface area contributed by atoms with Crippen molar-refractivity contribution in [2.24, 2.45) is 0 Å². The molecule has 2 aromatic carbocycles. The van der Waals surface area contributed by atoms with Gasteiger partial charge in [0.2, 0.25) is 10.0 Å². The molecule has 0 aliphatic carbocycles. The highest BCUT2D eigenvalue weighted by molar-refractivity contribution is 7.89. The first-order valence-corrected chi connectivity index (χ1v) is 12.9. The average Bonchev–Trinajstić information content (AvgIpc) is 2.84. The third kappa shape index (κ3) is 7.10. The van der Waals surface area contributed by atoms with Crippen LogP contribution in [0.2, 0.25) is 0 Å². The van der Waals surface area contributed by atoms with Crippen molar-refractivity contribution in [3.8, 4) is 11.5 Å². The summed E-state index contributed by atoms with van der Waals surface area (Å²) in [6.45, 7) is 4.88. The number of hydrogen-bond acceptors (Lipinski definition) is 6. The van der Waals surface area contributed by atoms with Gasteiger partial charge in [0.05, 0.1) is 19.5 Å². The van der Waals surface area contributed by atoms with Crippen LogP contribution in [0.3, 0.4) is 0 Å². The van der Waals surface area contributed by atoms with Crippen LogP contribution in [0.5, 0.6) is 11.5 Å². The van der Waals surface area contributed by atoms with Crippen LogP contribution in [0.1, 0.15) is 30.1 Å². The smallest absolute Gasteiger partial charge is 0.251 e. The standard InChI is InChI=1S/C24H33N3O5S/c1-3-4-18-32-23-9-5-20(6-10-23)24(28)25-13-19-33(29,30)27-16-14-26(15-17-27)21-7-11-22(31-2)12-8-21/h5-12H,3-4,13-19H2,1-2H3,(H,25,28). The molecule has 1 saturated heterocycles. The first-order chi connectivity index (χ1) is 15.9. The van der Waals surface area contributed by atoms with Gasteiger partial charge < -0.3 is 19.7 Å². The van der Waals surface area contributed by atoms with E-state index in [0.717, 1.165) is 30.0 Å². The van der Waals surface area contributed by atoms with Crippen molar-refractivity contribution in [1.82, 2.24) is 9.62 Å². The van der Waals surface area contributed by atoms with Crippen molar-refractivity contribution in [3.05, 3.63) is 54.1 Å². The number of carbonyl (C=O) groups excluding carboxylic acids is 1. The molecule has 0 aromatic heterocycles. The number of nitrogens with one attached hydrogen (secondary N) is 1. The normalized spacial score (nSPS) is 14.7. The predicted octanol–water partition coefficient (Wildman–Crippen LogP) is 2.76. The zero-order valence-corrected chi connectivity index (χ0v) is 20.1. The highest BCUT2D eigenvalue weighted by Crippen LogP contribution is 2.21. The fourth-order valence-corrected chi connectivity index (χ4v) is 4.92. The lowest BCUT2D eigenvalue weighted by Crippen LogP contribution is -2.50. The van der Waals surface area contributed by atoms with Crippen molar-refractivity contribution in [3.63, 3.8) is 0 Å². The second kappa shape index (κ2) is 11.9. The topological polar surface area (TPSA) is 88.2 Å². The minimum atomic E-state index is -3.45. The van der Waals surface area contributed by atoms with Crippen LogP contribution in [0, 0.1) is 0 Å². The molecule has 9 heteroatoms. The van der Waals surface area contributed by atoms with Gasteiger partial charge in [-0.15, -0.1) is 0 Å². The zero-order valence-electron chi connectivity index (χ0n) is 19.3. The maximum atomic E-state index is 12.7. The number of amides is 1. The van der Waals surface area contributed by atoms with Crippen molar-refractivity contribution in [2.75, 3.05) is 57.1 Å². The first kappa shape index (κ1) is 24.9. The van der Waals surface area contributed by atoms with E-state index in [-0.39, 0.29) is 18.2 Å². The van der Waals surface area contributed by atoms with Gasteiger partial charge in [-0.3, -0.25) is 4.79 Å². The summed E-state index contributed by atoms with van der Waals surface area (Å²) in [6.07, 6.45) is 2.04. The molecule has 8 nitrogen and oxygen atoms in total. The fraction of sp³-hybridized carbons (Fsp3) is 0.458. The van der Waals surface area contributed by atoms with Gasteiger partial charge in [-0.1, -0.05) is 13.3 Å². The predicted molar refractivity (Wildman–Crippen MR) is 130 cm³/mol. The molecule has 1 aliphatic rings. The number of sulfonamides is 1. The van der Waals surface area contributed by atoms with E-state index in [1.54, 1.807) is 31.4 Å². The van der Waals surface area contributed by atoms with Gasteiger partial charge in [0.15, 0.2) is 0 Å². The molecule has 3 rings (SSSR count). The highest BCUT2D eigenvalue weighted by Gasteiger charge is 2.27. The molecule has 0 atom stereocenters. The Balaban J connectivity index is 1.43. The van der Waals surface area contributed by atoms with Crippen molar-refractivity contribution >= 4 is 21.6 Å². The molecule has 0 radical (unpaired) electrons. The Kier molecular flexibility index (Phi) is 8.96. The minimum absolute atomic E-state index is 0.0641. The first-order valence-electron chi connectivity index (χ1n) is 11.3. The van der Waals surface area contributed by atoms with E-state index in [2.05, 4.69) is 17.1 Å². The maximum absolute atomic E-state index is 12.7. The number of hydrogen-bond donors (Lipinski definition) is 1. The van der Waals surface area contributed by atoms with E-state index in [0.29, 0.717) is 38.3 Å². The van der Waals surface area contributed by atoms with Gasteiger partial charge in [-0.25, -0.2) is 8.42 Å². The van der Waals surface area contributed by atoms with Gasteiger partial charge in [0, 0.05) is 44.0 Å². The average molecular weight is 476 g/mol. The Morgan fingerprint density at radius 1 is 0.970 bits per heavy atom. The number of nitrogens with zero attached hydrogens (tertiary/aromatic N) is 2. The molecule has 2 aromatic rings. The van der Waals surface area contributed by atoms with Gasteiger partial charge in [-0.05, 0) is 55.0 Å². The van der Waals surface area contributed by atoms with Gasteiger partial charge in [0.25, 0.3) is 5.91 Å². The number of piperazine rings is 1. The molecule has 180 valence electrons. The monoisotopic (exact) mass is 475 g/mol. The van der Waals surface area contributed by atoms with Crippen LogP contribution in [0.25, 0.3) is 0 Å². The van der Waals surface area contributed by atoms with E-state index < -0.39 is 10.0 Å². The quantitative estimate of drug-likeness (QED) is 0.503. The second-order valence-electron chi connectivity index (χ2n) is 7.88. The zero-order chi connectivity index (χ0) is 23.7. The second-order valence-corrected chi connectivity index (χ2v) is 9.97. The lowest BCUT2D eigenvalue weighted by atomic mass is 10.2. The van der Waals surface area contributed by atoms with E-state index in [9.17, 15) is 13.2 Å². The van der Waals surface area contributed by atoms with Crippen molar-refractivity contribution in [1.29, 1.82) is 0 Å². The summed E-state index contributed by atoms with van der Waals surface area (Å²) in [5, 5.41) is 2.70. The third-order valence-electron chi connectivity index (χ3n) is 5.60. The number of rotatable bonds is 11. The molecule has 1 heterocycles. The molecule has 1 fully saturated rings. The minimum Gasteiger partial charge on any atom is -0.497 e. The summed E-state index contributed by atoms with van der Waals surface area (Å²) in [5.41, 5.74) is 1.52. The molecular weight excluding hydrogens is 442 g/mol. The summed E-state index contributed by atoms with van der Waals surface area (Å²) in [4.78, 5) is 14.5. The maximum Gasteiger partial charge on any atom is 0.251 e. The number of methoxy groups -OCH3 is 1. The molecular formula is C24H33N3O5S. The lowest BCUT2D eigenvalue weighted by molar-refractivity contribution is 0.0956. The number of unbranched alkanes of at least 4 members (excludes halogenated alkanes) is 1. The summed E-state index contributed by atoms with van der Waals surface area (Å²) in [6, 6.07) is 14.6. The Labute approximate surface area is 196 Å². The van der Waals surface area contributed by atoms with Gasteiger partial charge >= 0.3 is 0 Å². The molecule has 33 heavy (non-hydrogen) atoms. The van der Waals surface area contributed by atoms with E-state index in [4.69, 9.17) is 9.47 Å². The largest absolute Gasteiger partial charge is 0.497 e. The van der Waals surface area contributed by atoms with Crippen LogP contribution in [0.4, 0.5) is 5.69 Å². The number of benzene rings is 2. The fourth-order valence-electron chi connectivity index (χ4n) is 3.58. The Morgan fingerprint density at radius 2 is 1.61 bits per heavy atom. The molecule has 0 unspecified atom stereocenters. The van der Waals surface area contributed by atoms with E-state index >= 15 is 0 Å². The van der Waals surface area contributed by atoms with Crippen LogP contribution >= 0.6 is 0 Å². The lowest BCUT2D eigenvalue weighted by Gasteiger charge is -2.35.